The van der Waals surface area contributed by atoms with Gasteiger partial charge < -0.3 is 9.64 Å². The summed E-state index contributed by atoms with van der Waals surface area (Å²) in [6.45, 7) is 5.20. The predicted molar refractivity (Wildman–Crippen MR) is 82.5 cm³/mol. The number of nitriles is 1. The number of piperazine rings is 1. The number of hydrogen-bond acceptors (Lipinski definition) is 4. The average Bonchev–Trinajstić information content (AvgIpc) is 3.08. The highest BCUT2D eigenvalue weighted by Crippen LogP contribution is 2.15. The first kappa shape index (κ1) is 15.0. The maximum atomic E-state index is 12.5. The SMILES string of the molecule is N#Cc1ccc(C(=O)N2CCN(CC3CCCO3)CC2)cc1. The molecule has 5 heteroatoms. The number of carbonyl (C=O) groups is 1. The molecule has 0 saturated carbocycles. The second-order valence-corrected chi connectivity index (χ2v) is 5.92. The summed E-state index contributed by atoms with van der Waals surface area (Å²) in [5.41, 5.74) is 1.24. The van der Waals surface area contributed by atoms with E-state index in [4.69, 9.17) is 10.00 Å². The summed E-state index contributed by atoms with van der Waals surface area (Å²) in [6.07, 6.45) is 2.70. The Morgan fingerprint density at radius 2 is 1.95 bits per heavy atom. The highest BCUT2D eigenvalue weighted by atomic mass is 16.5. The lowest BCUT2D eigenvalue weighted by Gasteiger charge is -2.35. The van der Waals surface area contributed by atoms with Gasteiger partial charge in [0.15, 0.2) is 0 Å². The maximum absolute atomic E-state index is 12.5. The van der Waals surface area contributed by atoms with E-state index in [1.165, 1.54) is 6.42 Å². The van der Waals surface area contributed by atoms with Crippen LogP contribution in [0.4, 0.5) is 0 Å². The molecule has 3 rings (SSSR count). The Hall–Kier alpha value is -1.90. The zero-order chi connectivity index (χ0) is 15.4. The zero-order valence-corrected chi connectivity index (χ0v) is 12.7. The molecule has 2 aliphatic rings. The second-order valence-electron chi connectivity index (χ2n) is 5.92. The molecule has 0 radical (unpaired) electrons. The molecule has 1 aromatic carbocycles. The molecule has 0 N–H and O–H groups in total. The van der Waals surface area contributed by atoms with Crippen LogP contribution in [0.3, 0.4) is 0 Å². The number of benzene rings is 1. The fourth-order valence-corrected chi connectivity index (χ4v) is 3.08. The van der Waals surface area contributed by atoms with Crippen molar-refractivity contribution >= 4 is 5.91 Å². The molecule has 2 saturated heterocycles. The predicted octanol–water partition coefficient (Wildman–Crippen LogP) is 1.50. The van der Waals surface area contributed by atoms with Gasteiger partial charge in [0.05, 0.1) is 17.7 Å². The van der Waals surface area contributed by atoms with Gasteiger partial charge in [-0.15, -0.1) is 0 Å². The van der Waals surface area contributed by atoms with Crippen molar-refractivity contribution in [3.05, 3.63) is 35.4 Å². The molecule has 1 atom stereocenters. The van der Waals surface area contributed by atoms with E-state index < -0.39 is 0 Å². The first-order valence-corrected chi connectivity index (χ1v) is 7.89. The van der Waals surface area contributed by atoms with Crippen LogP contribution in [0.2, 0.25) is 0 Å². The van der Waals surface area contributed by atoms with Crippen molar-refractivity contribution in [3.63, 3.8) is 0 Å². The molecular formula is C17H21N3O2. The van der Waals surface area contributed by atoms with Crippen molar-refractivity contribution < 1.29 is 9.53 Å². The van der Waals surface area contributed by atoms with E-state index in [1.807, 2.05) is 4.90 Å². The third-order valence-electron chi connectivity index (χ3n) is 4.41. The van der Waals surface area contributed by atoms with Gasteiger partial charge in [-0.25, -0.2) is 0 Å². The minimum atomic E-state index is 0.0567. The van der Waals surface area contributed by atoms with Gasteiger partial charge in [0.1, 0.15) is 0 Å². The molecule has 116 valence electrons. The molecule has 2 fully saturated rings. The molecule has 2 heterocycles. The fourth-order valence-electron chi connectivity index (χ4n) is 3.08. The largest absolute Gasteiger partial charge is 0.377 e. The number of amides is 1. The minimum absolute atomic E-state index is 0.0567. The normalized spacial score (nSPS) is 22.5. The van der Waals surface area contributed by atoms with Gasteiger partial charge >= 0.3 is 0 Å². The lowest BCUT2D eigenvalue weighted by Crippen LogP contribution is -2.50. The van der Waals surface area contributed by atoms with Crippen LogP contribution < -0.4 is 0 Å². The summed E-state index contributed by atoms with van der Waals surface area (Å²) in [5.74, 6) is 0.0567. The van der Waals surface area contributed by atoms with Crippen molar-refractivity contribution in [1.82, 2.24) is 9.80 Å². The molecule has 0 aromatic heterocycles. The highest BCUT2D eigenvalue weighted by molar-refractivity contribution is 5.94. The highest BCUT2D eigenvalue weighted by Gasteiger charge is 2.25. The van der Waals surface area contributed by atoms with Gasteiger partial charge in [-0.05, 0) is 37.1 Å². The topological polar surface area (TPSA) is 56.6 Å². The molecule has 0 aliphatic carbocycles. The lowest BCUT2D eigenvalue weighted by atomic mass is 10.1. The van der Waals surface area contributed by atoms with Crippen LogP contribution in [-0.4, -0.2) is 61.1 Å². The van der Waals surface area contributed by atoms with Gasteiger partial charge in [-0.2, -0.15) is 5.26 Å². The summed E-state index contributed by atoms with van der Waals surface area (Å²) < 4.78 is 5.67. The first-order valence-electron chi connectivity index (χ1n) is 7.89. The van der Waals surface area contributed by atoms with Crippen LogP contribution in [0, 0.1) is 11.3 Å². The molecule has 5 nitrogen and oxygen atoms in total. The number of hydrogen-bond donors (Lipinski definition) is 0. The first-order chi connectivity index (χ1) is 10.8. The molecule has 2 aliphatic heterocycles. The van der Waals surface area contributed by atoms with E-state index in [0.717, 1.165) is 45.8 Å². The quantitative estimate of drug-likeness (QED) is 0.848. The smallest absolute Gasteiger partial charge is 0.253 e. The van der Waals surface area contributed by atoms with E-state index in [1.54, 1.807) is 24.3 Å². The molecular weight excluding hydrogens is 278 g/mol. The number of nitrogens with zero attached hydrogens (tertiary/aromatic N) is 3. The third-order valence-corrected chi connectivity index (χ3v) is 4.41. The summed E-state index contributed by atoms with van der Waals surface area (Å²) in [5, 5.41) is 8.80. The minimum Gasteiger partial charge on any atom is -0.377 e. The Kier molecular flexibility index (Phi) is 4.71. The van der Waals surface area contributed by atoms with Crippen molar-refractivity contribution in [2.45, 2.75) is 18.9 Å². The average molecular weight is 299 g/mol. The second kappa shape index (κ2) is 6.91. The third kappa shape index (κ3) is 3.46. The molecule has 1 amide bonds. The Balaban J connectivity index is 1.51. The van der Waals surface area contributed by atoms with E-state index in [9.17, 15) is 4.79 Å². The monoisotopic (exact) mass is 299 g/mol. The van der Waals surface area contributed by atoms with Crippen LogP contribution >= 0.6 is 0 Å². The van der Waals surface area contributed by atoms with Crippen molar-refractivity contribution in [1.29, 1.82) is 5.26 Å². The van der Waals surface area contributed by atoms with E-state index in [-0.39, 0.29) is 5.91 Å². The standard InChI is InChI=1S/C17H21N3O2/c18-12-14-3-5-15(6-4-14)17(21)20-9-7-19(8-10-20)13-16-2-1-11-22-16/h3-6,16H,1-2,7-11,13H2. The van der Waals surface area contributed by atoms with Crippen LogP contribution in [0.15, 0.2) is 24.3 Å². The van der Waals surface area contributed by atoms with E-state index in [0.29, 0.717) is 17.2 Å². The summed E-state index contributed by atoms with van der Waals surface area (Å²) in [6, 6.07) is 8.93. The number of ether oxygens (including phenoxy) is 1. The van der Waals surface area contributed by atoms with Gasteiger partial charge in [0.25, 0.3) is 5.91 Å². The molecule has 0 bridgehead atoms. The van der Waals surface area contributed by atoms with Gasteiger partial charge in [-0.1, -0.05) is 0 Å². The van der Waals surface area contributed by atoms with Gasteiger partial charge in [-0.3, -0.25) is 9.69 Å². The Morgan fingerprint density at radius 1 is 1.23 bits per heavy atom. The van der Waals surface area contributed by atoms with Crippen LogP contribution in [-0.2, 0) is 4.74 Å². The van der Waals surface area contributed by atoms with Crippen LogP contribution in [0.25, 0.3) is 0 Å². The van der Waals surface area contributed by atoms with Crippen molar-refractivity contribution in [2.24, 2.45) is 0 Å². The number of carbonyl (C=O) groups excluding carboxylic acids is 1. The zero-order valence-electron chi connectivity index (χ0n) is 12.7. The Bertz CT molecular complexity index is 550. The molecule has 22 heavy (non-hydrogen) atoms. The number of rotatable bonds is 3. The van der Waals surface area contributed by atoms with E-state index in [2.05, 4.69) is 11.0 Å². The van der Waals surface area contributed by atoms with Crippen molar-refractivity contribution in [2.75, 3.05) is 39.3 Å². The maximum Gasteiger partial charge on any atom is 0.253 e. The summed E-state index contributed by atoms with van der Waals surface area (Å²) in [4.78, 5) is 16.7. The summed E-state index contributed by atoms with van der Waals surface area (Å²) >= 11 is 0. The molecule has 0 spiro atoms. The van der Waals surface area contributed by atoms with Gasteiger partial charge in [0, 0.05) is 44.9 Å². The van der Waals surface area contributed by atoms with Gasteiger partial charge in [0.2, 0.25) is 0 Å². The summed E-state index contributed by atoms with van der Waals surface area (Å²) in [7, 11) is 0. The molecule has 1 aromatic rings. The van der Waals surface area contributed by atoms with Crippen LogP contribution in [0.1, 0.15) is 28.8 Å². The van der Waals surface area contributed by atoms with E-state index >= 15 is 0 Å². The Morgan fingerprint density at radius 3 is 2.55 bits per heavy atom. The van der Waals surface area contributed by atoms with Crippen LogP contribution in [0.5, 0.6) is 0 Å². The fraction of sp³-hybridized carbons (Fsp3) is 0.529. The molecule has 1 unspecified atom stereocenters. The van der Waals surface area contributed by atoms with Crippen molar-refractivity contribution in [3.8, 4) is 6.07 Å². The Labute approximate surface area is 131 Å². The lowest BCUT2D eigenvalue weighted by molar-refractivity contribution is 0.0433.